The van der Waals surface area contributed by atoms with Crippen molar-refractivity contribution in [2.45, 2.75) is 51.7 Å². The van der Waals surface area contributed by atoms with Crippen LogP contribution in [0.2, 0.25) is 0 Å². The first-order valence-corrected chi connectivity index (χ1v) is 7.23. The number of amides is 1. The summed E-state index contributed by atoms with van der Waals surface area (Å²) in [5, 5.41) is 3.05. The molecule has 0 bridgehead atoms. The van der Waals surface area contributed by atoms with E-state index >= 15 is 0 Å². The molecule has 4 heteroatoms. The maximum atomic E-state index is 12.4. The predicted octanol–water partition coefficient (Wildman–Crippen LogP) is 2.20. The van der Waals surface area contributed by atoms with Gasteiger partial charge in [0.1, 0.15) is 6.04 Å². The molecular weight excluding hydrogens is 250 g/mol. The van der Waals surface area contributed by atoms with Crippen LogP contribution < -0.4 is 16.0 Å². The molecule has 2 unspecified atom stereocenters. The van der Waals surface area contributed by atoms with Gasteiger partial charge < -0.3 is 16.0 Å². The Morgan fingerprint density at radius 2 is 2.05 bits per heavy atom. The summed E-state index contributed by atoms with van der Waals surface area (Å²) < 4.78 is 0. The molecule has 0 radical (unpaired) electrons. The Balaban J connectivity index is 2.22. The number of anilines is 1. The van der Waals surface area contributed by atoms with Crippen molar-refractivity contribution < 1.29 is 4.79 Å². The Bertz CT molecular complexity index is 493. The summed E-state index contributed by atoms with van der Waals surface area (Å²) in [6.45, 7) is 8.76. The molecule has 0 fully saturated rings. The Kier molecular flexibility index (Phi) is 4.04. The van der Waals surface area contributed by atoms with Crippen molar-refractivity contribution in [2.75, 3.05) is 11.4 Å². The van der Waals surface area contributed by atoms with Crippen molar-refractivity contribution in [1.29, 1.82) is 0 Å². The molecule has 1 aromatic carbocycles. The van der Waals surface area contributed by atoms with Crippen molar-refractivity contribution in [3.05, 3.63) is 29.8 Å². The number of hydrogen-bond donors (Lipinski definition) is 2. The second-order valence-electron chi connectivity index (χ2n) is 6.56. The maximum absolute atomic E-state index is 12.4. The zero-order valence-corrected chi connectivity index (χ0v) is 12.8. The van der Waals surface area contributed by atoms with Crippen LogP contribution in [0.4, 0.5) is 5.69 Å². The monoisotopic (exact) mass is 275 g/mol. The van der Waals surface area contributed by atoms with Gasteiger partial charge in [-0.1, -0.05) is 18.2 Å². The van der Waals surface area contributed by atoms with Crippen LogP contribution in [0.3, 0.4) is 0 Å². The summed E-state index contributed by atoms with van der Waals surface area (Å²) in [5.74, 6) is 0.0581. The van der Waals surface area contributed by atoms with E-state index in [1.54, 1.807) is 0 Å². The highest BCUT2D eigenvalue weighted by Gasteiger charge is 2.30. The fourth-order valence-corrected chi connectivity index (χ4v) is 2.63. The van der Waals surface area contributed by atoms with E-state index in [1.165, 1.54) is 0 Å². The van der Waals surface area contributed by atoms with Crippen LogP contribution in [0.15, 0.2) is 24.3 Å². The molecule has 0 saturated heterocycles. The molecule has 1 heterocycles. The Morgan fingerprint density at radius 3 is 2.70 bits per heavy atom. The number of para-hydroxylation sites is 1. The number of carbonyl (C=O) groups excluding carboxylic acids is 1. The van der Waals surface area contributed by atoms with Gasteiger partial charge in [0.25, 0.3) is 0 Å². The summed E-state index contributed by atoms with van der Waals surface area (Å²) in [5.41, 5.74) is 8.17. The lowest BCUT2D eigenvalue weighted by atomic mass is 9.95. The highest BCUT2D eigenvalue weighted by molar-refractivity contribution is 5.86. The van der Waals surface area contributed by atoms with Crippen LogP contribution in [0, 0.1) is 0 Å². The minimum Gasteiger partial charge on any atom is -0.359 e. The minimum atomic E-state index is -0.211. The van der Waals surface area contributed by atoms with E-state index in [0.29, 0.717) is 0 Å². The number of carbonyl (C=O) groups is 1. The van der Waals surface area contributed by atoms with E-state index in [0.717, 1.165) is 24.2 Å². The number of hydrogen-bond acceptors (Lipinski definition) is 3. The van der Waals surface area contributed by atoms with Gasteiger partial charge in [0.2, 0.25) is 5.91 Å². The predicted molar refractivity (Wildman–Crippen MR) is 82.7 cm³/mol. The molecule has 20 heavy (non-hydrogen) atoms. The van der Waals surface area contributed by atoms with E-state index in [1.807, 2.05) is 39.8 Å². The fraction of sp³-hybridized carbons (Fsp3) is 0.562. The Morgan fingerprint density at radius 1 is 1.40 bits per heavy atom. The van der Waals surface area contributed by atoms with Gasteiger partial charge in [-0.05, 0) is 45.7 Å². The first-order valence-electron chi connectivity index (χ1n) is 7.23. The lowest BCUT2D eigenvalue weighted by molar-refractivity contribution is -0.123. The molecule has 0 aliphatic carbocycles. The molecule has 4 nitrogen and oxygen atoms in total. The SMILES string of the molecule is CC(C(=O)NC(C)(C)C)N1CCC(N)c2ccccc21. The van der Waals surface area contributed by atoms with Gasteiger partial charge in [-0.3, -0.25) is 4.79 Å². The van der Waals surface area contributed by atoms with E-state index in [9.17, 15) is 4.79 Å². The number of benzene rings is 1. The first kappa shape index (κ1) is 14.9. The molecule has 110 valence electrons. The van der Waals surface area contributed by atoms with E-state index in [-0.39, 0.29) is 23.5 Å². The zero-order valence-electron chi connectivity index (χ0n) is 12.8. The zero-order chi connectivity index (χ0) is 14.9. The van der Waals surface area contributed by atoms with Gasteiger partial charge in [-0.2, -0.15) is 0 Å². The number of nitrogens with one attached hydrogen (secondary N) is 1. The molecule has 0 saturated carbocycles. The number of fused-ring (bicyclic) bond motifs is 1. The van der Waals surface area contributed by atoms with Crippen LogP contribution in [-0.2, 0) is 4.79 Å². The van der Waals surface area contributed by atoms with Gasteiger partial charge in [0.15, 0.2) is 0 Å². The Hall–Kier alpha value is -1.55. The van der Waals surface area contributed by atoms with Gasteiger partial charge in [0.05, 0.1) is 0 Å². The second-order valence-corrected chi connectivity index (χ2v) is 6.56. The second kappa shape index (κ2) is 5.44. The van der Waals surface area contributed by atoms with Crippen molar-refractivity contribution >= 4 is 11.6 Å². The Labute approximate surface area is 121 Å². The van der Waals surface area contributed by atoms with Crippen molar-refractivity contribution in [1.82, 2.24) is 5.32 Å². The van der Waals surface area contributed by atoms with Crippen LogP contribution >= 0.6 is 0 Å². The molecule has 2 atom stereocenters. The smallest absolute Gasteiger partial charge is 0.242 e. The lowest BCUT2D eigenvalue weighted by Gasteiger charge is -2.38. The first-order chi connectivity index (χ1) is 9.29. The molecule has 1 aromatic rings. The van der Waals surface area contributed by atoms with Gasteiger partial charge in [-0.15, -0.1) is 0 Å². The highest BCUT2D eigenvalue weighted by Crippen LogP contribution is 2.33. The molecule has 0 spiro atoms. The van der Waals surface area contributed by atoms with E-state index in [4.69, 9.17) is 5.73 Å². The maximum Gasteiger partial charge on any atom is 0.242 e. The number of nitrogens with zero attached hydrogens (tertiary/aromatic N) is 1. The molecule has 0 aromatic heterocycles. The van der Waals surface area contributed by atoms with E-state index < -0.39 is 0 Å². The molecule has 2 rings (SSSR count). The van der Waals surface area contributed by atoms with Crippen LogP contribution in [0.25, 0.3) is 0 Å². The summed E-state index contributed by atoms with van der Waals surface area (Å²) in [7, 11) is 0. The minimum absolute atomic E-state index is 0.0581. The van der Waals surface area contributed by atoms with Crippen molar-refractivity contribution in [2.24, 2.45) is 5.73 Å². The average molecular weight is 275 g/mol. The fourth-order valence-electron chi connectivity index (χ4n) is 2.63. The summed E-state index contributed by atoms with van der Waals surface area (Å²) in [4.78, 5) is 14.5. The van der Waals surface area contributed by atoms with Gasteiger partial charge in [0, 0.05) is 23.8 Å². The quantitative estimate of drug-likeness (QED) is 0.870. The molecular formula is C16H25N3O. The van der Waals surface area contributed by atoms with Crippen molar-refractivity contribution in [3.8, 4) is 0 Å². The van der Waals surface area contributed by atoms with Crippen molar-refractivity contribution in [3.63, 3.8) is 0 Å². The van der Waals surface area contributed by atoms with E-state index in [2.05, 4.69) is 22.3 Å². The number of rotatable bonds is 2. The van der Waals surface area contributed by atoms with Gasteiger partial charge >= 0.3 is 0 Å². The number of nitrogens with two attached hydrogens (primary N) is 1. The third kappa shape index (κ3) is 3.12. The highest BCUT2D eigenvalue weighted by atomic mass is 16.2. The summed E-state index contributed by atoms with van der Waals surface area (Å²) in [6, 6.07) is 7.99. The largest absolute Gasteiger partial charge is 0.359 e. The molecule has 1 aliphatic heterocycles. The standard InChI is InChI=1S/C16H25N3O/c1-11(15(20)18-16(2,3)4)19-10-9-13(17)12-7-5-6-8-14(12)19/h5-8,11,13H,9-10,17H2,1-4H3,(H,18,20). The van der Waals surface area contributed by atoms with Crippen LogP contribution in [-0.4, -0.2) is 24.0 Å². The van der Waals surface area contributed by atoms with Gasteiger partial charge in [-0.25, -0.2) is 0 Å². The van der Waals surface area contributed by atoms with Crippen LogP contribution in [0.5, 0.6) is 0 Å². The average Bonchev–Trinajstić information content (AvgIpc) is 2.37. The molecule has 3 N–H and O–H groups in total. The summed E-state index contributed by atoms with van der Waals surface area (Å²) >= 11 is 0. The molecule has 1 amide bonds. The topological polar surface area (TPSA) is 58.4 Å². The molecule has 1 aliphatic rings. The normalized spacial score (nSPS) is 20.2. The third-order valence-electron chi connectivity index (χ3n) is 3.67. The van der Waals surface area contributed by atoms with Crippen LogP contribution in [0.1, 0.15) is 45.7 Å². The lowest BCUT2D eigenvalue weighted by Crippen LogP contribution is -2.52. The summed E-state index contributed by atoms with van der Waals surface area (Å²) in [6.07, 6.45) is 0.879. The third-order valence-corrected chi connectivity index (χ3v) is 3.67.